The number of rotatable bonds is 6. The van der Waals surface area contributed by atoms with E-state index in [4.69, 9.17) is 4.74 Å². The molecule has 1 saturated heterocycles. The summed E-state index contributed by atoms with van der Waals surface area (Å²) < 4.78 is 5.54. The van der Waals surface area contributed by atoms with Crippen molar-refractivity contribution in [3.8, 4) is 5.75 Å². The molecule has 1 amide bonds. The number of anilines is 2. The molecule has 1 aliphatic heterocycles. The van der Waals surface area contributed by atoms with Crippen LogP contribution in [0.1, 0.15) is 31.7 Å². The first kappa shape index (κ1) is 17.3. The molecule has 1 heterocycles. The molecular formula is C21H26N2O2. The molecule has 2 aromatic carbocycles. The first-order valence-corrected chi connectivity index (χ1v) is 9.11. The lowest BCUT2D eigenvalue weighted by Gasteiger charge is -2.28. The number of aryl methyl sites for hydroxylation is 1. The average molecular weight is 338 g/mol. The third kappa shape index (κ3) is 4.99. The highest BCUT2D eigenvalue weighted by molar-refractivity contribution is 5.92. The molecule has 0 spiro atoms. The maximum absolute atomic E-state index is 12.0. The zero-order valence-electron chi connectivity index (χ0n) is 14.8. The monoisotopic (exact) mass is 338 g/mol. The number of nitrogens with zero attached hydrogens (tertiary/aromatic N) is 1. The number of hydrogen-bond acceptors (Lipinski definition) is 3. The van der Waals surface area contributed by atoms with E-state index in [1.54, 1.807) is 0 Å². The van der Waals surface area contributed by atoms with Crippen LogP contribution in [0.4, 0.5) is 11.4 Å². The minimum atomic E-state index is -0.148. The number of hydrogen-bond donors (Lipinski definition) is 1. The molecule has 4 heteroatoms. The minimum Gasteiger partial charge on any atom is -0.484 e. The zero-order valence-corrected chi connectivity index (χ0v) is 14.8. The minimum absolute atomic E-state index is 0.0132. The molecule has 1 N–H and O–H groups in total. The number of carbonyl (C=O) groups is 1. The fourth-order valence-corrected chi connectivity index (χ4v) is 3.08. The number of ether oxygens (including phenoxy) is 1. The summed E-state index contributed by atoms with van der Waals surface area (Å²) in [7, 11) is 0. The second-order valence-corrected chi connectivity index (χ2v) is 6.43. The first-order chi connectivity index (χ1) is 12.2. The predicted molar refractivity (Wildman–Crippen MR) is 102 cm³/mol. The normalized spacial score (nSPS) is 14.2. The summed E-state index contributed by atoms with van der Waals surface area (Å²) in [5, 5.41) is 2.88. The van der Waals surface area contributed by atoms with Crippen molar-refractivity contribution in [1.29, 1.82) is 0 Å². The SMILES string of the molecule is CCc1ccc(OCC(=O)Nc2ccc(N3CCCCC3)cc2)cc1. The van der Waals surface area contributed by atoms with Crippen LogP contribution in [0.2, 0.25) is 0 Å². The molecule has 3 rings (SSSR count). The second kappa shape index (κ2) is 8.56. The van der Waals surface area contributed by atoms with E-state index < -0.39 is 0 Å². The Morgan fingerprint density at radius 1 is 1.00 bits per heavy atom. The Labute approximate surface area is 149 Å². The number of benzene rings is 2. The largest absolute Gasteiger partial charge is 0.484 e. The van der Waals surface area contributed by atoms with Gasteiger partial charge in [0.2, 0.25) is 0 Å². The van der Waals surface area contributed by atoms with Gasteiger partial charge in [0.15, 0.2) is 6.61 Å². The molecule has 25 heavy (non-hydrogen) atoms. The topological polar surface area (TPSA) is 41.6 Å². The third-order valence-electron chi connectivity index (χ3n) is 4.57. The van der Waals surface area contributed by atoms with E-state index in [0.717, 1.165) is 25.2 Å². The van der Waals surface area contributed by atoms with Crippen molar-refractivity contribution < 1.29 is 9.53 Å². The van der Waals surface area contributed by atoms with Crippen LogP contribution in [0.3, 0.4) is 0 Å². The summed E-state index contributed by atoms with van der Waals surface area (Å²) in [5.74, 6) is 0.568. The van der Waals surface area contributed by atoms with Gasteiger partial charge in [-0.15, -0.1) is 0 Å². The molecule has 4 nitrogen and oxygen atoms in total. The Morgan fingerprint density at radius 2 is 1.68 bits per heavy atom. The van der Waals surface area contributed by atoms with Crippen LogP contribution in [0.5, 0.6) is 5.75 Å². The van der Waals surface area contributed by atoms with Gasteiger partial charge in [0, 0.05) is 24.5 Å². The van der Waals surface area contributed by atoms with Crippen molar-refractivity contribution in [1.82, 2.24) is 0 Å². The highest BCUT2D eigenvalue weighted by atomic mass is 16.5. The Hall–Kier alpha value is -2.49. The summed E-state index contributed by atoms with van der Waals surface area (Å²) >= 11 is 0. The van der Waals surface area contributed by atoms with Gasteiger partial charge in [0.25, 0.3) is 5.91 Å². The molecular weight excluding hydrogens is 312 g/mol. The smallest absolute Gasteiger partial charge is 0.262 e. The summed E-state index contributed by atoms with van der Waals surface area (Å²) in [6.45, 7) is 4.37. The van der Waals surface area contributed by atoms with E-state index in [1.165, 1.54) is 30.5 Å². The van der Waals surface area contributed by atoms with Crippen LogP contribution >= 0.6 is 0 Å². The summed E-state index contributed by atoms with van der Waals surface area (Å²) in [6, 6.07) is 15.9. The van der Waals surface area contributed by atoms with E-state index in [-0.39, 0.29) is 12.5 Å². The molecule has 2 aromatic rings. The summed E-state index contributed by atoms with van der Waals surface area (Å²) in [6.07, 6.45) is 4.84. The second-order valence-electron chi connectivity index (χ2n) is 6.43. The molecule has 0 aromatic heterocycles. The van der Waals surface area contributed by atoms with E-state index in [1.807, 2.05) is 36.4 Å². The zero-order chi connectivity index (χ0) is 17.5. The van der Waals surface area contributed by atoms with Gasteiger partial charge in [-0.3, -0.25) is 4.79 Å². The van der Waals surface area contributed by atoms with Crippen molar-refractivity contribution in [2.45, 2.75) is 32.6 Å². The van der Waals surface area contributed by atoms with Crippen LogP contribution in [0.25, 0.3) is 0 Å². The molecule has 0 radical (unpaired) electrons. The summed E-state index contributed by atoms with van der Waals surface area (Å²) in [4.78, 5) is 14.4. The van der Waals surface area contributed by atoms with Crippen molar-refractivity contribution in [3.05, 3.63) is 54.1 Å². The number of piperidine rings is 1. The van der Waals surface area contributed by atoms with Gasteiger partial charge in [-0.05, 0) is 67.6 Å². The maximum atomic E-state index is 12.0. The molecule has 0 bridgehead atoms. The van der Waals surface area contributed by atoms with E-state index in [2.05, 4.69) is 29.3 Å². The van der Waals surface area contributed by atoms with Gasteiger partial charge in [-0.1, -0.05) is 19.1 Å². The van der Waals surface area contributed by atoms with Crippen LogP contribution in [0.15, 0.2) is 48.5 Å². The van der Waals surface area contributed by atoms with Gasteiger partial charge < -0.3 is 15.0 Å². The summed E-state index contributed by atoms with van der Waals surface area (Å²) in [5.41, 5.74) is 3.28. The maximum Gasteiger partial charge on any atom is 0.262 e. The Balaban J connectivity index is 1.48. The van der Waals surface area contributed by atoms with Gasteiger partial charge in [-0.25, -0.2) is 0 Å². The molecule has 0 unspecified atom stereocenters. The lowest BCUT2D eigenvalue weighted by molar-refractivity contribution is -0.118. The van der Waals surface area contributed by atoms with Crippen molar-refractivity contribution in [2.75, 3.05) is 29.9 Å². The van der Waals surface area contributed by atoms with E-state index in [9.17, 15) is 4.79 Å². The van der Waals surface area contributed by atoms with Crippen molar-refractivity contribution >= 4 is 17.3 Å². The predicted octanol–water partition coefficient (Wildman–Crippen LogP) is 4.26. The lowest BCUT2D eigenvalue weighted by atomic mass is 10.1. The fraction of sp³-hybridized carbons (Fsp3) is 0.381. The number of nitrogens with one attached hydrogen (secondary N) is 1. The van der Waals surface area contributed by atoms with Crippen LogP contribution < -0.4 is 15.0 Å². The molecule has 132 valence electrons. The Kier molecular flexibility index (Phi) is 5.94. The van der Waals surface area contributed by atoms with Crippen molar-refractivity contribution in [3.63, 3.8) is 0 Å². The van der Waals surface area contributed by atoms with Crippen LogP contribution in [0, 0.1) is 0 Å². The molecule has 0 saturated carbocycles. The van der Waals surface area contributed by atoms with Crippen LogP contribution in [-0.4, -0.2) is 25.6 Å². The van der Waals surface area contributed by atoms with Crippen LogP contribution in [-0.2, 0) is 11.2 Å². The number of carbonyl (C=O) groups excluding carboxylic acids is 1. The van der Waals surface area contributed by atoms with Gasteiger partial charge in [0.05, 0.1) is 0 Å². The van der Waals surface area contributed by atoms with Gasteiger partial charge in [-0.2, -0.15) is 0 Å². The van der Waals surface area contributed by atoms with E-state index in [0.29, 0.717) is 5.75 Å². The fourth-order valence-electron chi connectivity index (χ4n) is 3.08. The Morgan fingerprint density at radius 3 is 2.32 bits per heavy atom. The van der Waals surface area contributed by atoms with Gasteiger partial charge in [0.1, 0.15) is 5.75 Å². The first-order valence-electron chi connectivity index (χ1n) is 9.11. The van der Waals surface area contributed by atoms with E-state index >= 15 is 0 Å². The lowest BCUT2D eigenvalue weighted by Crippen LogP contribution is -2.29. The molecule has 0 aliphatic carbocycles. The Bertz CT molecular complexity index is 674. The highest BCUT2D eigenvalue weighted by Crippen LogP contribution is 2.21. The van der Waals surface area contributed by atoms with Crippen molar-refractivity contribution in [2.24, 2.45) is 0 Å². The van der Waals surface area contributed by atoms with Gasteiger partial charge >= 0.3 is 0 Å². The third-order valence-corrected chi connectivity index (χ3v) is 4.57. The molecule has 1 aliphatic rings. The molecule has 1 fully saturated rings. The highest BCUT2D eigenvalue weighted by Gasteiger charge is 2.11. The quantitative estimate of drug-likeness (QED) is 0.856. The molecule has 0 atom stereocenters. The number of amides is 1. The standard InChI is InChI=1S/C21H26N2O2/c1-2-17-6-12-20(13-7-17)25-16-21(24)22-18-8-10-19(11-9-18)23-14-4-3-5-15-23/h6-13H,2-5,14-16H2,1H3,(H,22,24). The average Bonchev–Trinajstić information content (AvgIpc) is 2.68.